The van der Waals surface area contributed by atoms with Gasteiger partial charge in [-0.15, -0.1) is 22.7 Å². The fraction of sp³-hybridized carbons (Fsp3) is 0.158. The Bertz CT molecular complexity index is 1290. The van der Waals surface area contributed by atoms with E-state index in [4.69, 9.17) is 0 Å². The van der Waals surface area contributed by atoms with E-state index in [1.807, 2.05) is 24.3 Å². The molecule has 4 aromatic rings. The van der Waals surface area contributed by atoms with E-state index >= 15 is 0 Å². The lowest BCUT2D eigenvalue weighted by Crippen LogP contribution is -2.34. The van der Waals surface area contributed by atoms with Gasteiger partial charge >= 0.3 is 0 Å². The minimum absolute atomic E-state index is 0.369. The molecule has 1 aromatic carbocycles. The fourth-order valence-electron chi connectivity index (χ4n) is 3.41. The minimum Gasteiger partial charge on any atom is -0.340 e. The van der Waals surface area contributed by atoms with Crippen LogP contribution in [0.25, 0.3) is 10.2 Å². The van der Waals surface area contributed by atoms with Gasteiger partial charge in [-0.05, 0) is 47.7 Å². The van der Waals surface area contributed by atoms with Crippen molar-refractivity contribution in [1.82, 2.24) is 14.3 Å². The zero-order valence-electron chi connectivity index (χ0n) is 15.0. The van der Waals surface area contributed by atoms with Crippen molar-refractivity contribution in [2.75, 3.05) is 11.9 Å². The van der Waals surface area contributed by atoms with Crippen LogP contribution < -0.4 is 5.32 Å². The van der Waals surface area contributed by atoms with E-state index in [9.17, 15) is 8.42 Å². The molecule has 0 unspecified atom stereocenters. The van der Waals surface area contributed by atoms with Crippen molar-refractivity contribution in [3.8, 4) is 0 Å². The van der Waals surface area contributed by atoms with Gasteiger partial charge in [0.05, 0.1) is 5.39 Å². The van der Waals surface area contributed by atoms with Crippen molar-refractivity contribution in [1.29, 1.82) is 0 Å². The molecular weight excluding hydrogens is 492 g/mol. The number of aromatic nitrogens is 2. The summed E-state index contributed by atoms with van der Waals surface area (Å²) in [7, 11) is -3.46. The average Bonchev–Trinajstić information content (AvgIpc) is 3.38. The molecule has 0 fully saturated rings. The third-order valence-corrected chi connectivity index (χ3v) is 9.67. The van der Waals surface area contributed by atoms with Crippen LogP contribution in [0.4, 0.5) is 11.5 Å². The van der Waals surface area contributed by atoms with Crippen LogP contribution in [0.5, 0.6) is 0 Å². The van der Waals surface area contributed by atoms with Gasteiger partial charge in [0.15, 0.2) is 0 Å². The zero-order chi connectivity index (χ0) is 20.0. The first kappa shape index (κ1) is 19.1. The van der Waals surface area contributed by atoms with Gasteiger partial charge in [0.1, 0.15) is 21.2 Å². The van der Waals surface area contributed by atoms with Gasteiger partial charge in [0.2, 0.25) is 0 Å². The lowest BCUT2D eigenvalue weighted by atomic mass is 10.1. The Morgan fingerprint density at radius 2 is 1.97 bits per heavy atom. The smallest absolute Gasteiger partial charge is 0.252 e. The molecule has 1 N–H and O–H groups in total. The van der Waals surface area contributed by atoms with Crippen LogP contribution in [0.1, 0.15) is 10.4 Å². The number of nitrogens with zero attached hydrogens (tertiary/aromatic N) is 3. The molecule has 0 amide bonds. The number of hydrogen-bond donors (Lipinski definition) is 1. The fourth-order valence-corrected chi connectivity index (χ4v) is 7.51. The number of halogens is 1. The molecule has 4 heterocycles. The van der Waals surface area contributed by atoms with Crippen molar-refractivity contribution in [3.05, 3.63) is 63.0 Å². The maximum absolute atomic E-state index is 12.9. The van der Waals surface area contributed by atoms with E-state index < -0.39 is 10.0 Å². The number of nitrogens with one attached hydrogen (secondary N) is 1. The molecule has 0 aliphatic carbocycles. The summed E-state index contributed by atoms with van der Waals surface area (Å²) < 4.78 is 28.8. The predicted molar refractivity (Wildman–Crippen MR) is 120 cm³/mol. The number of sulfonamides is 1. The minimum atomic E-state index is -3.46. The normalized spacial score (nSPS) is 14.8. The Hall–Kier alpha value is -1.85. The first-order chi connectivity index (χ1) is 14.0. The molecule has 5 rings (SSSR count). The molecule has 6 nitrogen and oxygen atoms in total. The van der Waals surface area contributed by atoms with Gasteiger partial charge in [-0.25, -0.2) is 18.4 Å². The largest absolute Gasteiger partial charge is 0.340 e. The van der Waals surface area contributed by atoms with E-state index in [0.29, 0.717) is 23.7 Å². The Balaban J connectivity index is 1.51. The van der Waals surface area contributed by atoms with Crippen LogP contribution in [0.15, 0.2) is 56.8 Å². The number of hydrogen-bond acceptors (Lipinski definition) is 7. The summed E-state index contributed by atoms with van der Waals surface area (Å²) in [4.78, 5) is 10.8. The average molecular weight is 507 g/mol. The summed E-state index contributed by atoms with van der Waals surface area (Å²) in [6.45, 7) is 0.819. The summed E-state index contributed by atoms with van der Waals surface area (Å²) in [6, 6.07) is 11.3. The summed E-state index contributed by atoms with van der Waals surface area (Å²) in [5.41, 5.74) is 2.08. The third-order valence-electron chi connectivity index (χ3n) is 4.80. The molecule has 29 heavy (non-hydrogen) atoms. The van der Waals surface area contributed by atoms with E-state index in [2.05, 4.69) is 31.2 Å². The first-order valence-corrected chi connectivity index (χ1v) is 12.8. The lowest BCUT2D eigenvalue weighted by Gasteiger charge is -2.25. The van der Waals surface area contributed by atoms with Crippen molar-refractivity contribution in [2.24, 2.45) is 0 Å². The van der Waals surface area contributed by atoms with Crippen molar-refractivity contribution in [3.63, 3.8) is 0 Å². The van der Waals surface area contributed by atoms with Crippen LogP contribution in [0.3, 0.4) is 0 Å². The number of fused-ring (bicyclic) bond motifs is 3. The van der Waals surface area contributed by atoms with Crippen molar-refractivity contribution in [2.45, 2.75) is 17.2 Å². The second-order valence-electron chi connectivity index (χ2n) is 6.56. The van der Waals surface area contributed by atoms with Crippen LogP contribution >= 0.6 is 38.6 Å². The van der Waals surface area contributed by atoms with Gasteiger partial charge in [-0.1, -0.05) is 22.0 Å². The molecule has 0 atom stereocenters. The van der Waals surface area contributed by atoms with Crippen LogP contribution in [-0.2, 0) is 23.0 Å². The van der Waals surface area contributed by atoms with Gasteiger partial charge in [0, 0.05) is 28.1 Å². The summed E-state index contributed by atoms with van der Waals surface area (Å²) >= 11 is 6.24. The SMILES string of the molecule is O=S(=O)(c1cccs1)N1CCc2c(sc3ncnc(Nc4ccc(Br)cc4)c23)C1. The highest BCUT2D eigenvalue weighted by atomic mass is 79.9. The highest BCUT2D eigenvalue weighted by Crippen LogP contribution is 2.39. The molecule has 0 radical (unpaired) electrons. The maximum atomic E-state index is 12.9. The summed E-state index contributed by atoms with van der Waals surface area (Å²) in [5.74, 6) is 0.754. The molecule has 1 aliphatic rings. The third kappa shape index (κ3) is 3.49. The number of benzene rings is 1. The van der Waals surface area contributed by atoms with Crippen molar-refractivity contribution >= 4 is 70.3 Å². The van der Waals surface area contributed by atoms with E-state index in [1.165, 1.54) is 11.3 Å². The van der Waals surface area contributed by atoms with E-state index in [0.717, 1.165) is 36.6 Å². The standard InChI is InChI=1S/C19H15BrN4O2S3/c20-12-3-5-13(6-4-12)23-18-17-14-7-8-24(29(25,26)16-2-1-9-27-16)10-15(14)28-19(17)22-11-21-18/h1-6,9,11H,7-8,10H2,(H,21,22,23). The highest BCUT2D eigenvalue weighted by molar-refractivity contribution is 9.10. The Morgan fingerprint density at radius 1 is 1.14 bits per heavy atom. The molecule has 1 aliphatic heterocycles. The molecule has 3 aromatic heterocycles. The predicted octanol–water partition coefficient (Wildman–Crippen LogP) is 5.01. The number of rotatable bonds is 4. The van der Waals surface area contributed by atoms with Crippen LogP contribution in [0.2, 0.25) is 0 Å². The Labute approximate surface area is 184 Å². The summed E-state index contributed by atoms with van der Waals surface area (Å²) in [6.07, 6.45) is 2.19. The topological polar surface area (TPSA) is 75.2 Å². The van der Waals surface area contributed by atoms with E-state index in [-0.39, 0.29) is 0 Å². The molecule has 0 saturated heterocycles. The molecule has 10 heteroatoms. The molecule has 0 spiro atoms. The highest BCUT2D eigenvalue weighted by Gasteiger charge is 2.32. The van der Waals surface area contributed by atoms with Gasteiger partial charge in [-0.3, -0.25) is 0 Å². The van der Waals surface area contributed by atoms with E-state index in [1.54, 1.807) is 39.5 Å². The zero-order valence-corrected chi connectivity index (χ0v) is 19.0. The number of anilines is 2. The number of thiophene rings is 2. The quantitative estimate of drug-likeness (QED) is 0.421. The molecular formula is C19H15BrN4O2S3. The monoisotopic (exact) mass is 506 g/mol. The van der Waals surface area contributed by atoms with Crippen molar-refractivity contribution < 1.29 is 8.42 Å². The Morgan fingerprint density at radius 3 is 2.72 bits per heavy atom. The lowest BCUT2D eigenvalue weighted by molar-refractivity contribution is 0.397. The summed E-state index contributed by atoms with van der Waals surface area (Å²) in [5, 5.41) is 6.16. The van der Waals surface area contributed by atoms with Gasteiger partial charge in [-0.2, -0.15) is 4.31 Å². The Kier molecular flexibility index (Phi) is 4.91. The molecule has 0 saturated carbocycles. The van der Waals surface area contributed by atoms with Gasteiger partial charge < -0.3 is 5.32 Å². The maximum Gasteiger partial charge on any atom is 0.252 e. The second-order valence-corrected chi connectivity index (χ2v) is 11.7. The van der Waals surface area contributed by atoms with Crippen LogP contribution in [-0.4, -0.2) is 29.2 Å². The molecule has 0 bridgehead atoms. The first-order valence-electron chi connectivity index (χ1n) is 8.84. The molecule has 148 valence electrons. The van der Waals surface area contributed by atoms with Crippen LogP contribution in [0, 0.1) is 0 Å². The second kappa shape index (κ2) is 7.44. The van der Waals surface area contributed by atoms with Gasteiger partial charge in [0.25, 0.3) is 10.0 Å².